The van der Waals surface area contributed by atoms with Crippen molar-refractivity contribution in [1.29, 1.82) is 0 Å². The summed E-state index contributed by atoms with van der Waals surface area (Å²) in [6, 6.07) is 0.652. The van der Waals surface area contributed by atoms with Gasteiger partial charge in [-0.25, -0.2) is 0 Å². The van der Waals surface area contributed by atoms with Gasteiger partial charge < -0.3 is 9.84 Å². The normalized spacial score (nSPS) is 33.6. The summed E-state index contributed by atoms with van der Waals surface area (Å²) >= 11 is 0. The molecule has 0 radical (unpaired) electrons. The van der Waals surface area contributed by atoms with Gasteiger partial charge in [0.05, 0.1) is 12.7 Å². The van der Waals surface area contributed by atoms with Gasteiger partial charge in [-0.05, 0) is 56.8 Å². The molecule has 3 heteroatoms. The molecule has 0 spiro atoms. The first-order valence-corrected chi connectivity index (χ1v) is 8.02. The van der Waals surface area contributed by atoms with Crippen molar-refractivity contribution in [3.05, 3.63) is 0 Å². The highest BCUT2D eigenvalue weighted by Crippen LogP contribution is 2.36. The van der Waals surface area contributed by atoms with E-state index in [1.54, 1.807) is 7.11 Å². The average molecular weight is 269 g/mol. The van der Waals surface area contributed by atoms with Crippen molar-refractivity contribution in [2.45, 2.75) is 58.1 Å². The van der Waals surface area contributed by atoms with Crippen molar-refractivity contribution in [2.24, 2.45) is 17.8 Å². The van der Waals surface area contributed by atoms with E-state index in [2.05, 4.69) is 18.7 Å². The molecular formula is C16H31NO2. The zero-order chi connectivity index (χ0) is 13.8. The highest BCUT2D eigenvalue weighted by atomic mass is 16.5. The highest BCUT2D eigenvalue weighted by molar-refractivity contribution is 4.88. The monoisotopic (exact) mass is 269 g/mol. The lowest BCUT2D eigenvalue weighted by Gasteiger charge is -2.38. The van der Waals surface area contributed by atoms with E-state index in [0.717, 1.165) is 38.0 Å². The molecule has 0 amide bonds. The number of hydrogen-bond donors (Lipinski definition) is 1. The molecule has 2 saturated carbocycles. The fourth-order valence-electron chi connectivity index (χ4n) is 3.53. The molecule has 2 rings (SSSR count). The van der Waals surface area contributed by atoms with Crippen LogP contribution in [-0.2, 0) is 4.74 Å². The Hall–Kier alpha value is -0.120. The second kappa shape index (κ2) is 7.05. The van der Waals surface area contributed by atoms with Crippen molar-refractivity contribution < 1.29 is 9.84 Å². The fourth-order valence-corrected chi connectivity index (χ4v) is 3.53. The van der Waals surface area contributed by atoms with E-state index in [-0.39, 0.29) is 6.10 Å². The van der Waals surface area contributed by atoms with E-state index in [9.17, 15) is 5.11 Å². The molecule has 4 unspecified atom stereocenters. The molecule has 19 heavy (non-hydrogen) atoms. The smallest absolute Gasteiger partial charge is 0.0589 e. The minimum Gasteiger partial charge on any atom is -0.393 e. The van der Waals surface area contributed by atoms with Gasteiger partial charge in [-0.15, -0.1) is 0 Å². The predicted octanol–water partition coefficient (Wildman–Crippen LogP) is 2.53. The first-order valence-electron chi connectivity index (χ1n) is 8.02. The van der Waals surface area contributed by atoms with Gasteiger partial charge in [-0.1, -0.05) is 6.92 Å². The number of nitrogens with zero attached hydrogens (tertiary/aromatic N) is 1. The van der Waals surface area contributed by atoms with Crippen LogP contribution >= 0.6 is 0 Å². The maximum Gasteiger partial charge on any atom is 0.0589 e. The molecule has 0 aromatic rings. The average Bonchev–Trinajstić information content (AvgIpc) is 3.22. The molecule has 2 aliphatic carbocycles. The zero-order valence-corrected chi connectivity index (χ0v) is 12.8. The summed E-state index contributed by atoms with van der Waals surface area (Å²) in [4.78, 5) is 2.56. The summed E-state index contributed by atoms with van der Waals surface area (Å²) in [6.45, 7) is 7.53. The van der Waals surface area contributed by atoms with Gasteiger partial charge in [-0.2, -0.15) is 0 Å². The maximum absolute atomic E-state index is 10.2. The number of hydrogen-bond acceptors (Lipinski definition) is 3. The summed E-state index contributed by atoms with van der Waals surface area (Å²) < 4.78 is 5.26. The lowest BCUT2D eigenvalue weighted by atomic mass is 9.80. The third kappa shape index (κ3) is 4.44. The molecule has 4 atom stereocenters. The van der Waals surface area contributed by atoms with Crippen LogP contribution in [0.15, 0.2) is 0 Å². The number of aliphatic hydroxyl groups is 1. The van der Waals surface area contributed by atoms with Crippen LogP contribution in [0.4, 0.5) is 0 Å². The van der Waals surface area contributed by atoms with Gasteiger partial charge >= 0.3 is 0 Å². The van der Waals surface area contributed by atoms with Crippen molar-refractivity contribution in [3.8, 4) is 0 Å². The quantitative estimate of drug-likeness (QED) is 0.771. The summed E-state index contributed by atoms with van der Waals surface area (Å²) in [5.41, 5.74) is 0. The van der Waals surface area contributed by atoms with Crippen LogP contribution in [0.1, 0.15) is 46.0 Å². The lowest BCUT2D eigenvalue weighted by molar-refractivity contribution is 0.0144. The van der Waals surface area contributed by atoms with Gasteiger partial charge in [0.2, 0.25) is 0 Å². The van der Waals surface area contributed by atoms with Gasteiger partial charge in [0, 0.05) is 26.2 Å². The van der Waals surface area contributed by atoms with Gasteiger partial charge in [-0.3, -0.25) is 4.90 Å². The van der Waals surface area contributed by atoms with Crippen molar-refractivity contribution in [2.75, 3.05) is 26.8 Å². The van der Waals surface area contributed by atoms with Gasteiger partial charge in [0.1, 0.15) is 0 Å². The molecule has 2 aliphatic rings. The molecule has 0 saturated heterocycles. The van der Waals surface area contributed by atoms with Crippen LogP contribution < -0.4 is 0 Å². The lowest BCUT2D eigenvalue weighted by Crippen LogP contribution is -2.44. The molecule has 0 aliphatic heterocycles. The standard InChI is InChI=1S/C16H31NO2/c1-12-4-7-16(18)15(10-12)11-17(8-9-19-3)13(2)14-5-6-14/h12-16,18H,4-11H2,1-3H3. The SMILES string of the molecule is COCCN(CC1CC(C)CCC1O)C(C)C1CC1. The number of ether oxygens (including phenoxy) is 1. The molecule has 1 N–H and O–H groups in total. The Morgan fingerprint density at radius 3 is 2.63 bits per heavy atom. The van der Waals surface area contributed by atoms with Crippen molar-refractivity contribution in [1.82, 2.24) is 4.90 Å². The third-order valence-electron chi connectivity index (χ3n) is 5.14. The minimum atomic E-state index is -0.0901. The van der Waals surface area contributed by atoms with Crippen LogP contribution in [0.3, 0.4) is 0 Å². The second-order valence-corrected chi connectivity index (χ2v) is 6.81. The Balaban J connectivity index is 1.89. The summed E-state index contributed by atoms with van der Waals surface area (Å²) in [5.74, 6) is 2.12. The molecule has 0 heterocycles. The summed E-state index contributed by atoms with van der Waals surface area (Å²) in [5, 5.41) is 10.2. The first kappa shape index (κ1) is 15.3. The van der Waals surface area contributed by atoms with Crippen LogP contribution in [0.5, 0.6) is 0 Å². The first-order chi connectivity index (χ1) is 9.11. The number of rotatable bonds is 7. The number of methoxy groups -OCH3 is 1. The molecule has 2 fully saturated rings. The highest BCUT2D eigenvalue weighted by Gasteiger charge is 2.35. The van der Waals surface area contributed by atoms with E-state index in [0.29, 0.717) is 12.0 Å². The Labute approximate surface area is 118 Å². The summed E-state index contributed by atoms with van der Waals surface area (Å²) in [6.07, 6.45) is 6.04. The summed E-state index contributed by atoms with van der Waals surface area (Å²) in [7, 11) is 1.78. The molecule has 0 aromatic heterocycles. The van der Waals surface area contributed by atoms with Gasteiger partial charge in [0.25, 0.3) is 0 Å². The Morgan fingerprint density at radius 2 is 2.00 bits per heavy atom. The second-order valence-electron chi connectivity index (χ2n) is 6.81. The van der Waals surface area contributed by atoms with E-state index in [1.165, 1.54) is 25.7 Å². The van der Waals surface area contributed by atoms with Crippen LogP contribution in [-0.4, -0.2) is 49.0 Å². The van der Waals surface area contributed by atoms with Crippen molar-refractivity contribution in [3.63, 3.8) is 0 Å². The third-order valence-corrected chi connectivity index (χ3v) is 5.14. The largest absolute Gasteiger partial charge is 0.393 e. The van der Waals surface area contributed by atoms with E-state index < -0.39 is 0 Å². The van der Waals surface area contributed by atoms with Gasteiger partial charge in [0.15, 0.2) is 0 Å². The Morgan fingerprint density at radius 1 is 1.26 bits per heavy atom. The Kier molecular flexibility index (Phi) is 5.67. The van der Waals surface area contributed by atoms with Crippen LogP contribution in [0.25, 0.3) is 0 Å². The minimum absolute atomic E-state index is 0.0901. The molecule has 112 valence electrons. The van der Waals surface area contributed by atoms with Crippen LogP contribution in [0, 0.1) is 17.8 Å². The van der Waals surface area contributed by atoms with E-state index in [4.69, 9.17) is 4.74 Å². The number of aliphatic hydroxyl groups excluding tert-OH is 1. The Bertz CT molecular complexity index is 267. The van der Waals surface area contributed by atoms with E-state index >= 15 is 0 Å². The molecule has 0 bridgehead atoms. The van der Waals surface area contributed by atoms with Crippen LogP contribution in [0.2, 0.25) is 0 Å². The van der Waals surface area contributed by atoms with E-state index in [1.807, 2.05) is 0 Å². The molecule has 3 nitrogen and oxygen atoms in total. The molecule has 0 aromatic carbocycles. The molecular weight excluding hydrogens is 238 g/mol. The zero-order valence-electron chi connectivity index (χ0n) is 12.8. The predicted molar refractivity (Wildman–Crippen MR) is 78.1 cm³/mol. The van der Waals surface area contributed by atoms with Crippen molar-refractivity contribution >= 4 is 0 Å². The maximum atomic E-state index is 10.2. The topological polar surface area (TPSA) is 32.7 Å². The fraction of sp³-hybridized carbons (Fsp3) is 1.00.